The van der Waals surface area contributed by atoms with Gasteiger partial charge in [-0.25, -0.2) is 0 Å². The van der Waals surface area contributed by atoms with Gasteiger partial charge in [0, 0.05) is 31.6 Å². The molecule has 1 fully saturated rings. The van der Waals surface area contributed by atoms with Crippen LogP contribution in [0.5, 0.6) is 0 Å². The van der Waals surface area contributed by atoms with E-state index in [0.717, 1.165) is 36.2 Å². The number of alkyl halides is 3. The van der Waals surface area contributed by atoms with Crippen LogP contribution in [-0.2, 0) is 11.0 Å². The Morgan fingerprint density at radius 3 is 2.71 bits per heavy atom. The molecule has 1 aliphatic heterocycles. The minimum Gasteiger partial charge on any atom is -0.342 e. The molecule has 4 rings (SSSR count). The molecule has 1 amide bonds. The number of carbonyl (C=O) groups is 1. The third-order valence-corrected chi connectivity index (χ3v) is 6.10. The number of carbonyl (C=O) groups excluding carboxylic acids is 1. The minimum atomic E-state index is -4.43. The summed E-state index contributed by atoms with van der Waals surface area (Å²) < 4.78 is 40.9. The summed E-state index contributed by atoms with van der Waals surface area (Å²) in [6, 6.07) is 10.4. The molecule has 0 bridgehead atoms. The van der Waals surface area contributed by atoms with Crippen molar-refractivity contribution in [3.63, 3.8) is 0 Å². The zero-order valence-electron chi connectivity index (χ0n) is 17.6. The first-order valence-corrected chi connectivity index (χ1v) is 10.5. The summed E-state index contributed by atoms with van der Waals surface area (Å²) >= 11 is 0. The van der Waals surface area contributed by atoms with E-state index in [1.807, 2.05) is 43.0 Å². The van der Waals surface area contributed by atoms with Crippen LogP contribution in [0, 0.1) is 6.92 Å². The van der Waals surface area contributed by atoms with E-state index in [0.29, 0.717) is 31.0 Å². The van der Waals surface area contributed by atoms with Crippen LogP contribution in [-0.4, -0.2) is 38.5 Å². The molecule has 3 aromatic rings. The number of nitrogens with zero attached hydrogens (tertiary/aromatic N) is 4. The number of hydrogen-bond acceptors (Lipinski definition) is 3. The van der Waals surface area contributed by atoms with Gasteiger partial charge in [0.15, 0.2) is 5.65 Å². The van der Waals surface area contributed by atoms with E-state index in [4.69, 9.17) is 0 Å². The predicted molar refractivity (Wildman–Crippen MR) is 111 cm³/mol. The quantitative estimate of drug-likeness (QED) is 0.588. The Kier molecular flexibility index (Phi) is 5.73. The number of piperidine rings is 1. The van der Waals surface area contributed by atoms with Crippen molar-refractivity contribution in [2.75, 3.05) is 13.1 Å². The SMILES string of the molecule is Cc1ccccc1C(C)CC(=O)N1CCCC(c2nnc3ccc(C(F)(F)F)cn23)C1. The van der Waals surface area contributed by atoms with Crippen LogP contribution in [0.25, 0.3) is 5.65 Å². The maximum absolute atomic E-state index is 13.1. The number of rotatable bonds is 4. The average molecular weight is 430 g/mol. The van der Waals surface area contributed by atoms with Gasteiger partial charge in [0.05, 0.1) is 5.56 Å². The Bertz CT molecular complexity index is 1090. The summed E-state index contributed by atoms with van der Waals surface area (Å²) in [7, 11) is 0. The zero-order valence-corrected chi connectivity index (χ0v) is 17.6. The molecule has 31 heavy (non-hydrogen) atoms. The molecule has 8 heteroatoms. The largest absolute Gasteiger partial charge is 0.417 e. The monoisotopic (exact) mass is 430 g/mol. The fraction of sp³-hybridized carbons (Fsp3) is 0.435. The summed E-state index contributed by atoms with van der Waals surface area (Å²) in [5.41, 5.74) is 1.96. The maximum Gasteiger partial charge on any atom is 0.417 e. The highest BCUT2D eigenvalue weighted by Crippen LogP contribution is 2.32. The van der Waals surface area contributed by atoms with Gasteiger partial charge in [0.1, 0.15) is 5.82 Å². The Labute approximate surface area is 178 Å². The van der Waals surface area contributed by atoms with E-state index >= 15 is 0 Å². The highest BCUT2D eigenvalue weighted by Gasteiger charge is 2.33. The van der Waals surface area contributed by atoms with Crippen molar-refractivity contribution in [2.24, 2.45) is 0 Å². The number of aromatic nitrogens is 3. The Hall–Kier alpha value is -2.90. The lowest BCUT2D eigenvalue weighted by Gasteiger charge is -2.33. The van der Waals surface area contributed by atoms with Crippen molar-refractivity contribution in [1.82, 2.24) is 19.5 Å². The Morgan fingerprint density at radius 1 is 1.19 bits per heavy atom. The van der Waals surface area contributed by atoms with Crippen molar-refractivity contribution in [2.45, 2.75) is 51.1 Å². The van der Waals surface area contributed by atoms with Gasteiger partial charge in [-0.2, -0.15) is 13.2 Å². The lowest BCUT2D eigenvalue weighted by atomic mass is 9.92. The van der Waals surface area contributed by atoms with Gasteiger partial charge < -0.3 is 4.90 Å². The number of halogens is 3. The van der Waals surface area contributed by atoms with E-state index in [-0.39, 0.29) is 17.7 Å². The average Bonchev–Trinajstić information content (AvgIpc) is 3.17. The van der Waals surface area contributed by atoms with Crippen LogP contribution in [0.3, 0.4) is 0 Å². The second-order valence-electron chi connectivity index (χ2n) is 8.34. The molecular formula is C23H25F3N4O. The van der Waals surface area contributed by atoms with Gasteiger partial charge >= 0.3 is 6.18 Å². The lowest BCUT2D eigenvalue weighted by Crippen LogP contribution is -2.40. The number of pyridine rings is 1. The highest BCUT2D eigenvalue weighted by molar-refractivity contribution is 5.77. The summed E-state index contributed by atoms with van der Waals surface area (Å²) in [5, 5.41) is 8.19. The molecule has 2 unspecified atom stereocenters. The molecule has 0 aliphatic carbocycles. The van der Waals surface area contributed by atoms with Gasteiger partial charge in [-0.15, -0.1) is 10.2 Å². The maximum atomic E-state index is 13.1. The second-order valence-corrected chi connectivity index (χ2v) is 8.34. The van der Waals surface area contributed by atoms with E-state index in [1.165, 1.54) is 10.5 Å². The van der Waals surface area contributed by atoms with Crippen LogP contribution < -0.4 is 0 Å². The van der Waals surface area contributed by atoms with Crippen LogP contribution in [0.15, 0.2) is 42.6 Å². The highest BCUT2D eigenvalue weighted by atomic mass is 19.4. The molecule has 5 nitrogen and oxygen atoms in total. The second kappa shape index (κ2) is 8.32. The predicted octanol–water partition coefficient (Wildman–Crippen LogP) is 4.96. The number of amides is 1. The molecule has 0 saturated carbocycles. The van der Waals surface area contributed by atoms with Crippen LogP contribution in [0.2, 0.25) is 0 Å². The molecule has 164 valence electrons. The van der Waals surface area contributed by atoms with Gasteiger partial charge in [-0.05, 0) is 48.9 Å². The number of aryl methyl sites for hydroxylation is 1. The van der Waals surface area contributed by atoms with E-state index in [2.05, 4.69) is 10.2 Å². The zero-order chi connectivity index (χ0) is 22.2. The first-order valence-electron chi connectivity index (χ1n) is 10.5. The van der Waals surface area contributed by atoms with Crippen LogP contribution in [0.1, 0.15) is 60.5 Å². The third kappa shape index (κ3) is 4.43. The fourth-order valence-corrected chi connectivity index (χ4v) is 4.41. The van der Waals surface area contributed by atoms with Crippen molar-refractivity contribution in [3.8, 4) is 0 Å². The molecule has 0 N–H and O–H groups in total. The first kappa shape index (κ1) is 21.3. The molecule has 1 saturated heterocycles. The third-order valence-electron chi connectivity index (χ3n) is 6.10. The molecule has 0 spiro atoms. The summed E-state index contributed by atoms with van der Waals surface area (Å²) in [6.45, 7) is 5.18. The smallest absolute Gasteiger partial charge is 0.342 e. The van der Waals surface area contributed by atoms with Crippen molar-refractivity contribution >= 4 is 11.6 Å². The van der Waals surface area contributed by atoms with E-state index < -0.39 is 11.7 Å². The molecular weight excluding hydrogens is 405 g/mol. The van der Waals surface area contributed by atoms with Gasteiger partial charge in [0.2, 0.25) is 5.91 Å². The minimum absolute atomic E-state index is 0.0604. The van der Waals surface area contributed by atoms with Gasteiger partial charge in [0.25, 0.3) is 0 Å². The molecule has 2 atom stereocenters. The first-order chi connectivity index (χ1) is 14.7. The van der Waals surface area contributed by atoms with Gasteiger partial charge in [-0.3, -0.25) is 9.20 Å². The number of benzene rings is 1. The summed E-state index contributed by atoms with van der Waals surface area (Å²) in [6.07, 6.45) is -1.45. The molecule has 2 aromatic heterocycles. The standard InChI is InChI=1S/C23H25F3N4O/c1-15-6-3-4-8-19(15)16(2)12-21(31)29-11-5-7-17(13-29)22-28-27-20-10-9-18(14-30(20)22)23(24,25)26/h3-4,6,8-10,14,16-17H,5,7,11-13H2,1-2H3. The molecule has 3 heterocycles. The van der Waals surface area contributed by atoms with Gasteiger partial charge in [-0.1, -0.05) is 31.2 Å². The number of likely N-dealkylation sites (tertiary alicyclic amines) is 1. The number of fused-ring (bicyclic) bond motifs is 1. The van der Waals surface area contributed by atoms with Crippen LogP contribution >= 0.6 is 0 Å². The number of hydrogen-bond donors (Lipinski definition) is 0. The molecule has 1 aliphatic rings. The molecule has 0 radical (unpaired) electrons. The Balaban J connectivity index is 1.51. The van der Waals surface area contributed by atoms with Crippen molar-refractivity contribution in [3.05, 3.63) is 65.1 Å². The van der Waals surface area contributed by atoms with Crippen LogP contribution in [0.4, 0.5) is 13.2 Å². The lowest BCUT2D eigenvalue weighted by molar-refractivity contribution is -0.137. The van der Waals surface area contributed by atoms with Crippen molar-refractivity contribution < 1.29 is 18.0 Å². The normalized spacial score (nSPS) is 18.4. The topological polar surface area (TPSA) is 50.5 Å². The van der Waals surface area contributed by atoms with Crippen molar-refractivity contribution in [1.29, 1.82) is 0 Å². The fourth-order valence-electron chi connectivity index (χ4n) is 4.41. The van der Waals surface area contributed by atoms with E-state index in [9.17, 15) is 18.0 Å². The van der Waals surface area contributed by atoms with E-state index in [1.54, 1.807) is 0 Å². The summed E-state index contributed by atoms with van der Waals surface area (Å²) in [5.74, 6) is 0.484. The Morgan fingerprint density at radius 2 is 1.97 bits per heavy atom. The summed E-state index contributed by atoms with van der Waals surface area (Å²) in [4.78, 5) is 14.8. The molecule has 1 aromatic carbocycles.